The SMILES string of the molecule is O=C(O)C(F)(F)C(F)(F)C(F)(F)C(=O)Oc1ccc(I)cc1. The lowest BCUT2D eigenvalue weighted by atomic mass is 10.0. The van der Waals surface area contributed by atoms with Gasteiger partial charge in [0, 0.05) is 3.57 Å². The molecule has 11 heteroatoms. The van der Waals surface area contributed by atoms with Crippen molar-refractivity contribution in [2.24, 2.45) is 0 Å². The molecular weight excluding hydrogens is 437 g/mol. The van der Waals surface area contributed by atoms with E-state index in [2.05, 4.69) is 4.74 Å². The molecule has 0 saturated heterocycles. The van der Waals surface area contributed by atoms with E-state index in [9.17, 15) is 35.9 Å². The summed E-state index contributed by atoms with van der Waals surface area (Å²) in [6.07, 6.45) is 0. The van der Waals surface area contributed by atoms with Gasteiger partial charge in [-0.25, -0.2) is 9.59 Å². The molecular formula is C11H5F6IO4. The van der Waals surface area contributed by atoms with Crippen molar-refractivity contribution in [2.45, 2.75) is 17.8 Å². The number of carbonyl (C=O) groups is 2. The van der Waals surface area contributed by atoms with Gasteiger partial charge in [-0.1, -0.05) is 0 Å². The summed E-state index contributed by atoms with van der Waals surface area (Å²) in [5.41, 5.74) is 0. The molecule has 0 radical (unpaired) electrons. The van der Waals surface area contributed by atoms with E-state index in [1.807, 2.05) is 0 Å². The van der Waals surface area contributed by atoms with Crippen LogP contribution in [0.1, 0.15) is 0 Å². The maximum absolute atomic E-state index is 13.2. The number of carbonyl (C=O) groups excluding carboxylic acids is 1. The van der Waals surface area contributed by atoms with E-state index in [1.54, 1.807) is 22.6 Å². The second-order valence-electron chi connectivity index (χ2n) is 3.87. The van der Waals surface area contributed by atoms with E-state index in [0.29, 0.717) is 3.57 Å². The molecule has 1 aromatic carbocycles. The predicted molar refractivity (Wildman–Crippen MR) is 67.3 cm³/mol. The lowest BCUT2D eigenvalue weighted by Crippen LogP contribution is -2.61. The van der Waals surface area contributed by atoms with Crippen LogP contribution in [0.15, 0.2) is 24.3 Å². The van der Waals surface area contributed by atoms with Crippen LogP contribution in [0.3, 0.4) is 0 Å². The van der Waals surface area contributed by atoms with Gasteiger partial charge >= 0.3 is 29.7 Å². The van der Waals surface area contributed by atoms with E-state index in [-0.39, 0.29) is 0 Å². The Balaban J connectivity index is 3.08. The van der Waals surface area contributed by atoms with Gasteiger partial charge in [-0.15, -0.1) is 0 Å². The Morgan fingerprint density at radius 1 is 0.955 bits per heavy atom. The van der Waals surface area contributed by atoms with Crippen molar-refractivity contribution in [3.63, 3.8) is 0 Å². The van der Waals surface area contributed by atoms with E-state index >= 15 is 0 Å². The monoisotopic (exact) mass is 442 g/mol. The first-order valence-electron chi connectivity index (χ1n) is 5.18. The molecule has 1 aromatic rings. The summed E-state index contributed by atoms with van der Waals surface area (Å²) in [6.45, 7) is 0. The Kier molecular flexibility index (Phi) is 4.99. The summed E-state index contributed by atoms with van der Waals surface area (Å²) in [5.74, 6) is -25.8. The number of hydrogen-bond acceptors (Lipinski definition) is 3. The first-order valence-corrected chi connectivity index (χ1v) is 6.26. The molecule has 4 nitrogen and oxygen atoms in total. The fourth-order valence-corrected chi connectivity index (χ4v) is 1.49. The molecule has 0 atom stereocenters. The Labute approximate surface area is 132 Å². The van der Waals surface area contributed by atoms with Crippen molar-refractivity contribution in [3.05, 3.63) is 27.8 Å². The van der Waals surface area contributed by atoms with Crippen molar-refractivity contribution in [2.75, 3.05) is 0 Å². The molecule has 122 valence electrons. The Bertz CT molecular complexity index is 587. The third kappa shape index (κ3) is 3.13. The summed E-state index contributed by atoms with van der Waals surface area (Å²) in [4.78, 5) is 21.1. The Morgan fingerprint density at radius 3 is 1.82 bits per heavy atom. The number of aliphatic carboxylic acids is 1. The van der Waals surface area contributed by atoms with Crippen LogP contribution in [0.2, 0.25) is 0 Å². The van der Waals surface area contributed by atoms with Crippen molar-refractivity contribution in [1.82, 2.24) is 0 Å². The topological polar surface area (TPSA) is 63.6 Å². The van der Waals surface area contributed by atoms with Crippen LogP contribution in [-0.2, 0) is 9.59 Å². The molecule has 0 fully saturated rings. The van der Waals surface area contributed by atoms with Crippen molar-refractivity contribution in [1.29, 1.82) is 0 Å². The lowest BCUT2D eigenvalue weighted by Gasteiger charge is -2.28. The fraction of sp³-hybridized carbons (Fsp3) is 0.273. The number of carboxylic acid groups (broad SMARTS) is 1. The van der Waals surface area contributed by atoms with Crippen LogP contribution in [-0.4, -0.2) is 34.8 Å². The molecule has 0 spiro atoms. The minimum Gasteiger partial charge on any atom is -0.477 e. The molecule has 0 unspecified atom stereocenters. The van der Waals surface area contributed by atoms with Gasteiger partial charge in [-0.2, -0.15) is 26.3 Å². The number of hydrogen-bond donors (Lipinski definition) is 1. The molecule has 0 aromatic heterocycles. The molecule has 0 amide bonds. The van der Waals surface area contributed by atoms with Crippen LogP contribution in [0.5, 0.6) is 5.75 Å². The summed E-state index contributed by atoms with van der Waals surface area (Å²) >= 11 is 1.80. The zero-order chi connectivity index (χ0) is 17.3. The number of esters is 1. The highest BCUT2D eigenvalue weighted by Crippen LogP contribution is 2.46. The summed E-state index contributed by atoms with van der Waals surface area (Å²) < 4.78 is 82.6. The second-order valence-corrected chi connectivity index (χ2v) is 5.12. The van der Waals surface area contributed by atoms with E-state index in [4.69, 9.17) is 5.11 Å². The van der Waals surface area contributed by atoms with Crippen LogP contribution in [0.25, 0.3) is 0 Å². The van der Waals surface area contributed by atoms with Gasteiger partial charge in [0.1, 0.15) is 5.75 Å². The molecule has 0 aliphatic rings. The second kappa shape index (κ2) is 5.93. The predicted octanol–water partition coefficient (Wildman–Crippen LogP) is 3.19. The largest absolute Gasteiger partial charge is 0.477 e. The van der Waals surface area contributed by atoms with Crippen LogP contribution < -0.4 is 4.74 Å². The van der Waals surface area contributed by atoms with Gasteiger partial charge in [0.25, 0.3) is 0 Å². The Hall–Kier alpha value is -1.53. The van der Waals surface area contributed by atoms with E-state index in [1.165, 1.54) is 12.1 Å². The molecule has 1 rings (SSSR count). The molecule has 0 heterocycles. The maximum atomic E-state index is 13.2. The van der Waals surface area contributed by atoms with Crippen LogP contribution in [0.4, 0.5) is 26.3 Å². The molecule has 0 aliphatic carbocycles. The number of benzene rings is 1. The van der Waals surface area contributed by atoms with E-state index in [0.717, 1.165) is 12.1 Å². The van der Waals surface area contributed by atoms with Gasteiger partial charge in [0.05, 0.1) is 0 Å². The lowest BCUT2D eigenvalue weighted by molar-refractivity contribution is -0.297. The Morgan fingerprint density at radius 2 is 1.41 bits per heavy atom. The molecule has 1 N–H and O–H groups in total. The normalized spacial score (nSPS) is 12.9. The molecule has 0 saturated carbocycles. The van der Waals surface area contributed by atoms with Crippen LogP contribution in [0, 0.1) is 3.57 Å². The minimum atomic E-state index is -6.48. The summed E-state index contributed by atoms with van der Waals surface area (Å²) in [7, 11) is 0. The van der Waals surface area contributed by atoms with Gasteiger partial charge in [0.15, 0.2) is 0 Å². The van der Waals surface area contributed by atoms with Crippen molar-refractivity contribution in [3.8, 4) is 5.75 Å². The van der Waals surface area contributed by atoms with Gasteiger partial charge in [-0.3, -0.25) is 0 Å². The first kappa shape index (κ1) is 18.5. The number of carboxylic acids is 1. The number of ether oxygens (including phenoxy) is 1. The molecule has 0 bridgehead atoms. The average molecular weight is 442 g/mol. The summed E-state index contributed by atoms with van der Waals surface area (Å²) in [5, 5.41) is 7.93. The number of rotatable bonds is 5. The van der Waals surface area contributed by atoms with Gasteiger partial charge in [-0.05, 0) is 46.9 Å². The average Bonchev–Trinajstić information content (AvgIpc) is 2.40. The first-order chi connectivity index (χ1) is 9.84. The minimum absolute atomic E-state index is 0.590. The highest BCUT2D eigenvalue weighted by Gasteiger charge is 2.79. The maximum Gasteiger partial charge on any atom is 0.411 e. The standard InChI is InChI=1S/C11H5F6IO4/c12-9(13,7(19)20)11(16,17)10(14,15)8(21)22-6-3-1-5(18)2-4-6/h1-4H,(H,19,20). The number of alkyl halides is 6. The molecule has 0 aliphatic heterocycles. The van der Waals surface area contributed by atoms with E-state index < -0.39 is 35.5 Å². The van der Waals surface area contributed by atoms with Gasteiger partial charge in [0.2, 0.25) is 0 Å². The highest BCUT2D eigenvalue weighted by molar-refractivity contribution is 14.1. The number of halogens is 7. The summed E-state index contributed by atoms with van der Waals surface area (Å²) in [6, 6.07) is 4.46. The smallest absolute Gasteiger partial charge is 0.411 e. The molecule has 22 heavy (non-hydrogen) atoms. The third-order valence-electron chi connectivity index (χ3n) is 2.34. The zero-order valence-electron chi connectivity index (χ0n) is 10.1. The fourth-order valence-electron chi connectivity index (χ4n) is 1.13. The quantitative estimate of drug-likeness (QED) is 0.330. The van der Waals surface area contributed by atoms with Gasteiger partial charge < -0.3 is 9.84 Å². The highest BCUT2D eigenvalue weighted by atomic mass is 127. The van der Waals surface area contributed by atoms with Crippen LogP contribution >= 0.6 is 22.6 Å². The van der Waals surface area contributed by atoms with Crippen molar-refractivity contribution >= 4 is 34.5 Å². The van der Waals surface area contributed by atoms with Crippen molar-refractivity contribution < 1.29 is 45.8 Å². The third-order valence-corrected chi connectivity index (χ3v) is 3.06. The zero-order valence-corrected chi connectivity index (χ0v) is 12.3.